The summed E-state index contributed by atoms with van der Waals surface area (Å²) >= 11 is 1.44. The third kappa shape index (κ3) is 2.73. The quantitative estimate of drug-likeness (QED) is 0.795. The van der Waals surface area contributed by atoms with E-state index in [1.54, 1.807) is 18.5 Å². The number of rotatable bonds is 4. The van der Waals surface area contributed by atoms with Gasteiger partial charge in [0.25, 0.3) is 0 Å². The number of hydrogen-bond acceptors (Lipinski definition) is 5. The highest BCUT2D eigenvalue weighted by Gasteiger charge is 2.12. The maximum absolute atomic E-state index is 11.5. The predicted molar refractivity (Wildman–Crippen MR) is 70.7 cm³/mol. The van der Waals surface area contributed by atoms with Crippen LogP contribution in [0, 0.1) is 0 Å². The summed E-state index contributed by atoms with van der Waals surface area (Å²) in [6, 6.07) is 3.89. The topological polar surface area (TPSA) is 52.1 Å². The molecule has 94 valence electrons. The molecule has 18 heavy (non-hydrogen) atoms. The molecular weight excluding hydrogens is 248 g/mol. The fourth-order valence-corrected chi connectivity index (χ4v) is 2.30. The highest BCUT2D eigenvalue weighted by molar-refractivity contribution is 7.13. The second kappa shape index (κ2) is 5.73. The number of aryl methyl sites for hydroxylation is 1. The minimum Gasteiger partial charge on any atom is -0.461 e. The Hall–Kier alpha value is -1.75. The zero-order valence-corrected chi connectivity index (χ0v) is 11.2. The van der Waals surface area contributed by atoms with Crippen LogP contribution in [0.4, 0.5) is 0 Å². The fourth-order valence-electron chi connectivity index (χ4n) is 1.51. The molecule has 0 aliphatic heterocycles. The molecule has 0 saturated heterocycles. The first kappa shape index (κ1) is 12.7. The maximum Gasteiger partial charge on any atom is 0.357 e. The van der Waals surface area contributed by atoms with E-state index in [1.807, 2.05) is 12.1 Å². The third-order valence-corrected chi connectivity index (χ3v) is 3.31. The molecule has 0 spiro atoms. The summed E-state index contributed by atoms with van der Waals surface area (Å²) < 4.78 is 4.91. The summed E-state index contributed by atoms with van der Waals surface area (Å²) in [5, 5.41) is 2.54. The van der Waals surface area contributed by atoms with Gasteiger partial charge < -0.3 is 4.74 Å². The average Bonchev–Trinajstić information content (AvgIpc) is 2.89. The Balaban J connectivity index is 2.26. The number of ether oxygens (including phenoxy) is 1. The van der Waals surface area contributed by atoms with E-state index in [0.29, 0.717) is 12.3 Å². The van der Waals surface area contributed by atoms with Crippen molar-refractivity contribution in [1.29, 1.82) is 0 Å². The van der Waals surface area contributed by atoms with Crippen LogP contribution in [0.3, 0.4) is 0 Å². The molecule has 0 atom stereocenters. The molecule has 2 aromatic heterocycles. The van der Waals surface area contributed by atoms with Crippen molar-refractivity contribution in [1.82, 2.24) is 9.97 Å². The number of aromatic nitrogens is 2. The molecule has 2 heterocycles. The Labute approximate surface area is 110 Å². The zero-order valence-electron chi connectivity index (χ0n) is 10.3. The Kier molecular flexibility index (Phi) is 4.04. The molecule has 0 bridgehead atoms. The molecule has 2 aromatic rings. The smallest absolute Gasteiger partial charge is 0.357 e. The van der Waals surface area contributed by atoms with Gasteiger partial charge in [0.2, 0.25) is 0 Å². The number of carbonyl (C=O) groups excluding carboxylic acids is 1. The minimum absolute atomic E-state index is 0.362. The van der Waals surface area contributed by atoms with E-state index in [0.717, 1.165) is 22.7 Å². The number of thiazole rings is 1. The van der Waals surface area contributed by atoms with Crippen LogP contribution in [0.2, 0.25) is 0 Å². The monoisotopic (exact) mass is 262 g/mol. The van der Waals surface area contributed by atoms with Gasteiger partial charge in [-0.1, -0.05) is 6.92 Å². The number of pyridine rings is 1. The van der Waals surface area contributed by atoms with Gasteiger partial charge in [-0.3, -0.25) is 4.98 Å². The van der Waals surface area contributed by atoms with Crippen LogP contribution < -0.4 is 0 Å². The fraction of sp³-hybridized carbons (Fsp3) is 0.308. The van der Waals surface area contributed by atoms with Crippen LogP contribution in [0.15, 0.2) is 23.7 Å². The highest BCUT2D eigenvalue weighted by atomic mass is 32.1. The second-order valence-corrected chi connectivity index (χ2v) is 4.51. The SMILES string of the molecule is CCOC(=O)c1csc(-c2ccnc(CC)c2)n1. The molecule has 0 N–H and O–H groups in total. The first-order chi connectivity index (χ1) is 8.74. The van der Waals surface area contributed by atoms with Crippen molar-refractivity contribution >= 4 is 17.3 Å². The number of nitrogens with zero attached hydrogens (tertiary/aromatic N) is 2. The van der Waals surface area contributed by atoms with Crippen LogP contribution in [0.1, 0.15) is 30.0 Å². The van der Waals surface area contributed by atoms with Gasteiger partial charge in [0.1, 0.15) is 5.01 Å². The summed E-state index contributed by atoms with van der Waals surface area (Å²) in [5.74, 6) is -0.371. The largest absolute Gasteiger partial charge is 0.461 e. The van der Waals surface area contributed by atoms with Crippen molar-refractivity contribution in [2.24, 2.45) is 0 Å². The molecule has 0 aliphatic rings. The third-order valence-electron chi connectivity index (χ3n) is 2.41. The van der Waals surface area contributed by atoms with Gasteiger partial charge in [0, 0.05) is 22.8 Å². The van der Waals surface area contributed by atoms with Gasteiger partial charge in [0.05, 0.1) is 6.61 Å². The van der Waals surface area contributed by atoms with Crippen LogP contribution in [0.5, 0.6) is 0 Å². The number of hydrogen-bond donors (Lipinski definition) is 0. The number of carbonyl (C=O) groups is 1. The van der Waals surface area contributed by atoms with Gasteiger partial charge in [-0.2, -0.15) is 0 Å². The lowest BCUT2D eigenvalue weighted by Crippen LogP contribution is -2.04. The standard InChI is InChI=1S/C13H14N2O2S/c1-3-10-7-9(5-6-14-10)12-15-11(8-18-12)13(16)17-4-2/h5-8H,3-4H2,1-2H3. The Bertz CT molecular complexity index is 551. The van der Waals surface area contributed by atoms with Crippen LogP contribution in [0.25, 0.3) is 10.6 Å². The molecule has 0 radical (unpaired) electrons. The summed E-state index contributed by atoms with van der Waals surface area (Å²) in [7, 11) is 0. The van der Waals surface area contributed by atoms with E-state index in [4.69, 9.17) is 4.74 Å². The van der Waals surface area contributed by atoms with Crippen LogP contribution >= 0.6 is 11.3 Å². The van der Waals surface area contributed by atoms with Crippen molar-refractivity contribution in [3.63, 3.8) is 0 Å². The first-order valence-electron chi connectivity index (χ1n) is 5.82. The molecule has 0 saturated carbocycles. The van der Waals surface area contributed by atoms with E-state index in [-0.39, 0.29) is 5.97 Å². The van der Waals surface area contributed by atoms with E-state index in [9.17, 15) is 4.79 Å². The molecule has 0 aliphatic carbocycles. The summed E-state index contributed by atoms with van der Waals surface area (Å²) in [6.45, 7) is 4.19. The van der Waals surface area contributed by atoms with E-state index in [2.05, 4.69) is 16.9 Å². The average molecular weight is 262 g/mol. The Morgan fingerprint density at radius 1 is 1.44 bits per heavy atom. The van der Waals surface area contributed by atoms with Gasteiger partial charge in [0.15, 0.2) is 5.69 Å². The van der Waals surface area contributed by atoms with Gasteiger partial charge >= 0.3 is 5.97 Å². The first-order valence-corrected chi connectivity index (χ1v) is 6.70. The molecule has 5 heteroatoms. The Morgan fingerprint density at radius 2 is 2.28 bits per heavy atom. The molecular formula is C13H14N2O2S. The molecule has 4 nitrogen and oxygen atoms in total. The van der Waals surface area contributed by atoms with E-state index in [1.165, 1.54) is 11.3 Å². The predicted octanol–water partition coefficient (Wildman–Crippen LogP) is 2.94. The van der Waals surface area contributed by atoms with Crippen LogP contribution in [-0.4, -0.2) is 22.5 Å². The van der Waals surface area contributed by atoms with Crippen LogP contribution in [-0.2, 0) is 11.2 Å². The normalized spacial score (nSPS) is 10.3. The molecule has 0 aromatic carbocycles. The molecule has 0 fully saturated rings. The van der Waals surface area contributed by atoms with E-state index >= 15 is 0 Å². The van der Waals surface area contributed by atoms with Crippen molar-refractivity contribution < 1.29 is 9.53 Å². The van der Waals surface area contributed by atoms with Crippen molar-refractivity contribution in [2.75, 3.05) is 6.61 Å². The minimum atomic E-state index is -0.371. The van der Waals surface area contributed by atoms with Crippen molar-refractivity contribution in [3.8, 4) is 10.6 Å². The van der Waals surface area contributed by atoms with Gasteiger partial charge in [-0.25, -0.2) is 9.78 Å². The Morgan fingerprint density at radius 3 is 3.00 bits per heavy atom. The lowest BCUT2D eigenvalue weighted by Gasteiger charge is -1.99. The lowest BCUT2D eigenvalue weighted by molar-refractivity contribution is 0.0520. The van der Waals surface area contributed by atoms with E-state index < -0.39 is 0 Å². The van der Waals surface area contributed by atoms with Gasteiger partial charge in [-0.05, 0) is 25.5 Å². The zero-order chi connectivity index (χ0) is 13.0. The second-order valence-electron chi connectivity index (χ2n) is 3.65. The molecule has 0 amide bonds. The lowest BCUT2D eigenvalue weighted by atomic mass is 10.2. The molecule has 0 unspecified atom stereocenters. The molecule has 2 rings (SSSR count). The maximum atomic E-state index is 11.5. The number of esters is 1. The summed E-state index contributed by atoms with van der Waals surface area (Å²) in [5.41, 5.74) is 2.37. The van der Waals surface area contributed by atoms with Crippen molar-refractivity contribution in [2.45, 2.75) is 20.3 Å². The highest BCUT2D eigenvalue weighted by Crippen LogP contribution is 2.24. The summed E-state index contributed by atoms with van der Waals surface area (Å²) in [4.78, 5) is 20.1. The summed E-state index contributed by atoms with van der Waals surface area (Å²) in [6.07, 6.45) is 2.64. The van der Waals surface area contributed by atoms with Gasteiger partial charge in [-0.15, -0.1) is 11.3 Å². The van der Waals surface area contributed by atoms with Crippen molar-refractivity contribution in [3.05, 3.63) is 35.1 Å².